The maximum Gasteiger partial charge on any atom is 0.248 e. The van der Waals surface area contributed by atoms with E-state index < -0.39 is 0 Å². The zero-order chi connectivity index (χ0) is 17.5. The predicted octanol–water partition coefficient (Wildman–Crippen LogP) is 4.79. The topological polar surface area (TPSA) is 47.6 Å². The Labute approximate surface area is 147 Å². The lowest BCUT2D eigenvalue weighted by molar-refractivity contribution is -0.111. The van der Waals surface area contributed by atoms with Crippen LogP contribution in [0.4, 0.5) is 5.69 Å². The van der Waals surface area contributed by atoms with Gasteiger partial charge in [0.05, 0.1) is 23.9 Å². The van der Waals surface area contributed by atoms with Gasteiger partial charge < -0.3 is 14.8 Å². The summed E-state index contributed by atoms with van der Waals surface area (Å²) in [5.74, 6) is 1.03. The Hall–Kier alpha value is -2.46. The van der Waals surface area contributed by atoms with Gasteiger partial charge in [0.2, 0.25) is 5.91 Å². The summed E-state index contributed by atoms with van der Waals surface area (Å²) in [5.41, 5.74) is 1.41. The van der Waals surface area contributed by atoms with Crippen molar-refractivity contribution in [1.82, 2.24) is 0 Å². The number of ether oxygens (including phenoxy) is 2. The van der Waals surface area contributed by atoms with Crippen molar-refractivity contribution in [3.63, 3.8) is 0 Å². The number of anilines is 1. The Bertz CT molecular complexity index is 741. The van der Waals surface area contributed by atoms with E-state index >= 15 is 0 Å². The van der Waals surface area contributed by atoms with E-state index in [1.165, 1.54) is 6.08 Å². The minimum atomic E-state index is -0.260. The average molecular weight is 346 g/mol. The predicted molar refractivity (Wildman–Crippen MR) is 97.9 cm³/mol. The molecule has 0 aliphatic rings. The van der Waals surface area contributed by atoms with E-state index in [0.717, 1.165) is 5.56 Å². The molecule has 1 amide bonds. The van der Waals surface area contributed by atoms with Gasteiger partial charge in [0.25, 0.3) is 0 Å². The molecule has 0 aromatic heterocycles. The molecule has 0 spiro atoms. The number of nitrogens with one attached hydrogen (secondary N) is 1. The van der Waals surface area contributed by atoms with Gasteiger partial charge in [-0.1, -0.05) is 29.8 Å². The number of methoxy groups -OCH3 is 1. The van der Waals surface area contributed by atoms with Crippen LogP contribution in [0, 0.1) is 0 Å². The van der Waals surface area contributed by atoms with Gasteiger partial charge in [0, 0.05) is 6.08 Å². The van der Waals surface area contributed by atoms with Gasteiger partial charge in [-0.15, -0.1) is 0 Å². The third-order valence-electron chi connectivity index (χ3n) is 3.11. The molecule has 0 fully saturated rings. The Morgan fingerprint density at radius 2 is 1.92 bits per heavy atom. The fraction of sp³-hybridized carbons (Fsp3) is 0.211. The maximum absolute atomic E-state index is 12.0. The number of hydrogen-bond acceptors (Lipinski definition) is 3. The summed E-state index contributed by atoms with van der Waals surface area (Å²) in [6, 6.07) is 12.6. The third kappa shape index (κ3) is 5.03. The molecule has 0 saturated carbocycles. The molecule has 0 heterocycles. The minimum Gasteiger partial charge on any atom is -0.493 e. The number of para-hydroxylation sites is 1. The molecule has 5 heteroatoms. The number of benzene rings is 2. The number of rotatable bonds is 6. The molecule has 0 aliphatic carbocycles. The SMILES string of the molecule is COc1cc(C=CC(=O)Nc2ccccc2Cl)ccc1OC(C)C. The number of hydrogen-bond donors (Lipinski definition) is 1. The van der Waals surface area contributed by atoms with Gasteiger partial charge in [-0.05, 0) is 49.8 Å². The van der Waals surface area contributed by atoms with Crippen molar-refractivity contribution in [2.75, 3.05) is 12.4 Å². The highest BCUT2D eigenvalue weighted by Crippen LogP contribution is 2.29. The second-order valence-electron chi connectivity index (χ2n) is 5.38. The number of carbonyl (C=O) groups is 1. The van der Waals surface area contributed by atoms with Crippen molar-refractivity contribution >= 4 is 29.3 Å². The monoisotopic (exact) mass is 345 g/mol. The molecule has 0 unspecified atom stereocenters. The fourth-order valence-corrected chi connectivity index (χ4v) is 2.23. The van der Waals surface area contributed by atoms with Crippen molar-refractivity contribution in [3.05, 3.63) is 59.1 Å². The Morgan fingerprint density at radius 1 is 1.17 bits per heavy atom. The molecular weight excluding hydrogens is 326 g/mol. The summed E-state index contributed by atoms with van der Waals surface area (Å²) in [7, 11) is 1.58. The molecule has 2 rings (SSSR count). The van der Waals surface area contributed by atoms with Crippen LogP contribution >= 0.6 is 11.6 Å². The molecule has 0 atom stereocenters. The molecule has 0 radical (unpaired) electrons. The maximum atomic E-state index is 12.0. The van der Waals surface area contributed by atoms with E-state index in [1.807, 2.05) is 38.1 Å². The summed E-state index contributed by atoms with van der Waals surface area (Å²) in [6.45, 7) is 3.90. The van der Waals surface area contributed by atoms with Crippen LogP contribution in [0.3, 0.4) is 0 Å². The first-order valence-electron chi connectivity index (χ1n) is 7.58. The van der Waals surface area contributed by atoms with Crippen molar-refractivity contribution in [2.24, 2.45) is 0 Å². The van der Waals surface area contributed by atoms with Crippen LogP contribution in [0.1, 0.15) is 19.4 Å². The van der Waals surface area contributed by atoms with Crippen LogP contribution in [-0.4, -0.2) is 19.1 Å². The second-order valence-corrected chi connectivity index (χ2v) is 5.79. The van der Waals surface area contributed by atoms with E-state index in [0.29, 0.717) is 22.2 Å². The molecule has 0 aliphatic heterocycles. The highest BCUT2D eigenvalue weighted by molar-refractivity contribution is 6.33. The van der Waals surface area contributed by atoms with Crippen LogP contribution in [0.15, 0.2) is 48.5 Å². The van der Waals surface area contributed by atoms with Crippen LogP contribution in [0.5, 0.6) is 11.5 Å². The normalized spacial score (nSPS) is 10.9. The highest BCUT2D eigenvalue weighted by Gasteiger charge is 2.07. The zero-order valence-corrected chi connectivity index (χ0v) is 14.6. The van der Waals surface area contributed by atoms with Gasteiger partial charge in [0.1, 0.15) is 0 Å². The van der Waals surface area contributed by atoms with Crippen molar-refractivity contribution in [2.45, 2.75) is 20.0 Å². The van der Waals surface area contributed by atoms with E-state index in [1.54, 1.807) is 31.4 Å². The molecule has 1 N–H and O–H groups in total. The number of carbonyl (C=O) groups excluding carboxylic acids is 1. The smallest absolute Gasteiger partial charge is 0.248 e. The number of amides is 1. The summed E-state index contributed by atoms with van der Waals surface area (Å²) >= 11 is 6.01. The van der Waals surface area contributed by atoms with E-state index in [2.05, 4.69) is 5.32 Å². The Balaban J connectivity index is 2.08. The first kappa shape index (κ1) is 17.9. The molecule has 0 bridgehead atoms. The summed E-state index contributed by atoms with van der Waals surface area (Å²) in [5, 5.41) is 3.23. The zero-order valence-electron chi connectivity index (χ0n) is 13.9. The molecule has 2 aromatic carbocycles. The fourth-order valence-electron chi connectivity index (χ4n) is 2.05. The molecule has 126 valence electrons. The van der Waals surface area contributed by atoms with Gasteiger partial charge >= 0.3 is 0 Å². The second kappa shape index (κ2) is 8.41. The molecule has 2 aromatic rings. The largest absolute Gasteiger partial charge is 0.493 e. The summed E-state index contributed by atoms with van der Waals surface area (Å²) < 4.78 is 11.0. The van der Waals surface area contributed by atoms with Gasteiger partial charge in [0.15, 0.2) is 11.5 Å². The van der Waals surface area contributed by atoms with Gasteiger partial charge in [-0.3, -0.25) is 4.79 Å². The molecule has 4 nitrogen and oxygen atoms in total. The first-order valence-corrected chi connectivity index (χ1v) is 7.95. The average Bonchev–Trinajstić information content (AvgIpc) is 2.55. The standard InChI is InChI=1S/C19H20ClNO3/c1-13(2)24-17-10-8-14(12-18(17)23-3)9-11-19(22)21-16-7-5-4-6-15(16)20/h4-13H,1-3H3,(H,21,22). The van der Waals surface area contributed by atoms with E-state index in [4.69, 9.17) is 21.1 Å². The lowest BCUT2D eigenvalue weighted by Gasteiger charge is -2.13. The van der Waals surface area contributed by atoms with Crippen LogP contribution in [-0.2, 0) is 4.79 Å². The molecular formula is C19H20ClNO3. The van der Waals surface area contributed by atoms with Gasteiger partial charge in [-0.25, -0.2) is 0 Å². The van der Waals surface area contributed by atoms with Crippen molar-refractivity contribution < 1.29 is 14.3 Å². The summed E-state index contributed by atoms with van der Waals surface area (Å²) in [6.07, 6.45) is 3.20. The van der Waals surface area contributed by atoms with Crippen molar-refractivity contribution in [3.8, 4) is 11.5 Å². The van der Waals surface area contributed by atoms with Gasteiger partial charge in [-0.2, -0.15) is 0 Å². The molecule has 24 heavy (non-hydrogen) atoms. The minimum absolute atomic E-state index is 0.0571. The first-order chi connectivity index (χ1) is 11.5. The Kier molecular flexibility index (Phi) is 6.27. The van der Waals surface area contributed by atoms with Crippen LogP contribution in [0.2, 0.25) is 5.02 Å². The molecule has 0 saturated heterocycles. The Morgan fingerprint density at radius 3 is 2.58 bits per heavy atom. The third-order valence-corrected chi connectivity index (χ3v) is 3.44. The van der Waals surface area contributed by atoms with E-state index in [9.17, 15) is 4.79 Å². The quantitative estimate of drug-likeness (QED) is 0.766. The highest BCUT2D eigenvalue weighted by atomic mass is 35.5. The van der Waals surface area contributed by atoms with Crippen LogP contribution in [0.25, 0.3) is 6.08 Å². The lowest BCUT2D eigenvalue weighted by Crippen LogP contribution is -2.08. The lowest BCUT2D eigenvalue weighted by atomic mass is 10.2. The summed E-state index contributed by atoms with van der Waals surface area (Å²) in [4.78, 5) is 12.0. The number of halogens is 1. The van der Waals surface area contributed by atoms with Crippen molar-refractivity contribution in [1.29, 1.82) is 0 Å². The van der Waals surface area contributed by atoms with Crippen LogP contribution < -0.4 is 14.8 Å². The van der Waals surface area contributed by atoms with E-state index in [-0.39, 0.29) is 12.0 Å².